The van der Waals surface area contributed by atoms with Gasteiger partial charge in [0.2, 0.25) is 47.3 Å². The number of rotatable bonds is 25. The van der Waals surface area contributed by atoms with Crippen LogP contribution < -0.4 is 48.7 Å². The summed E-state index contributed by atoms with van der Waals surface area (Å²) in [7, 11) is 0. The normalized spacial score (nSPS) is 15.6. The minimum atomic E-state index is -1.70. The van der Waals surface area contributed by atoms with Gasteiger partial charge < -0.3 is 69.1 Å². The Bertz CT molecular complexity index is 1360. The molecule has 0 unspecified atom stereocenters. The second-order valence-electron chi connectivity index (χ2n) is 14.2. The molecular formula is C33H59N9O13. The van der Waals surface area contributed by atoms with Crippen LogP contribution in [-0.2, 0) is 43.2 Å². The highest BCUT2D eigenvalue weighted by molar-refractivity contribution is 5.98. The number of nitrogens with two attached hydrogens (primary N) is 2. The number of aliphatic hydroxyl groups excluding tert-OH is 3. The van der Waals surface area contributed by atoms with Crippen LogP contribution in [0.4, 0.5) is 0 Å². The number of hydrogen-bond acceptors (Lipinski definition) is 13. The fourth-order valence-electron chi connectivity index (χ4n) is 4.87. The van der Waals surface area contributed by atoms with Crippen molar-refractivity contribution >= 4 is 53.2 Å². The lowest BCUT2D eigenvalue weighted by atomic mass is 9.98. The summed E-state index contributed by atoms with van der Waals surface area (Å²) in [6.07, 6.45) is -2.10. The number of carboxylic acids is 1. The van der Waals surface area contributed by atoms with Crippen molar-refractivity contribution in [1.29, 1.82) is 0 Å². The number of carboxylic acid groups (broad SMARTS) is 1. The van der Waals surface area contributed by atoms with Crippen LogP contribution in [0.25, 0.3) is 0 Å². The molecule has 0 heterocycles. The SMILES string of the molecule is CC(C)C[C@H](NC(=O)[C@H](CC(N)=O)NC(=O)CNC(=O)[C@H](CO)NC(=O)[C@@H](NC(=O)[C@@H](N)CO)[C@@H](C)O)C(=O)N[C@@H](CC(C)C)C(=O)N[C@H](C(=O)O)C(C)C. The van der Waals surface area contributed by atoms with E-state index in [1.54, 1.807) is 41.5 Å². The Hall–Kier alpha value is -4.93. The zero-order chi connectivity index (χ0) is 42.7. The molecule has 0 saturated heterocycles. The summed E-state index contributed by atoms with van der Waals surface area (Å²) in [6.45, 7) is 8.76. The number of carbonyl (C=O) groups is 9. The van der Waals surface area contributed by atoms with Crippen LogP contribution in [0, 0.1) is 17.8 Å². The first-order valence-electron chi connectivity index (χ1n) is 17.7. The van der Waals surface area contributed by atoms with E-state index in [9.17, 15) is 58.5 Å². The van der Waals surface area contributed by atoms with Crippen molar-refractivity contribution in [3.63, 3.8) is 0 Å². The lowest BCUT2D eigenvalue weighted by molar-refractivity contribution is -0.143. The number of aliphatic hydroxyl groups is 3. The van der Waals surface area contributed by atoms with E-state index in [-0.39, 0.29) is 24.7 Å². The van der Waals surface area contributed by atoms with E-state index in [2.05, 4.69) is 37.2 Å². The fourth-order valence-corrected chi connectivity index (χ4v) is 4.87. The molecule has 0 aromatic rings. The molecule has 0 aliphatic rings. The Labute approximate surface area is 319 Å². The van der Waals surface area contributed by atoms with Gasteiger partial charge in [-0.2, -0.15) is 0 Å². The maximum atomic E-state index is 13.5. The first-order valence-corrected chi connectivity index (χ1v) is 17.7. The van der Waals surface area contributed by atoms with Crippen molar-refractivity contribution < 1.29 is 63.6 Å². The molecule has 0 aromatic carbocycles. The third-order valence-corrected chi connectivity index (χ3v) is 7.80. The first kappa shape index (κ1) is 50.1. The molecular weight excluding hydrogens is 730 g/mol. The molecule has 0 aliphatic carbocycles. The average Bonchev–Trinajstić information content (AvgIpc) is 3.07. The van der Waals surface area contributed by atoms with Crippen LogP contribution in [0.3, 0.4) is 0 Å². The molecule has 0 radical (unpaired) electrons. The van der Waals surface area contributed by atoms with E-state index in [0.29, 0.717) is 0 Å². The van der Waals surface area contributed by atoms with Gasteiger partial charge in [0, 0.05) is 0 Å². The Morgan fingerprint density at radius 3 is 1.42 bits per heavy atom. The highest BCUT2D eigenvalue weighted by Gasteiger charge is 2.34. The minimum absolute atomic E-state index is 0.0345. The van der Waals surface area contributed by atoms with Crippen molar-refractivity contribution in [2.75, 3.05) is 19.8 Å². The summed E-state index contributed by atoms with van der Waals surface area (Å²) in [5, 5.41) is 54.2. The van der Waals surface area contributed by atoms with Crippen LogP contribution in [0.2, 0.25) is 0 Å². The van der Waals surface area contributed by atoms with E-state index in [0.717, 1.165) is 6.92 Å². The molecule has 0 saturated carbocycles. The summed E-state index contributed by atoms with van der Waals surface area (Å²) in [6, 6.07) is -10.2. The van der Waals surface area contributed by atoms with Crippen LogP contribution in [0.1, 0.15) is 67.7 Å². The fraction of sp³-hybridized carbons (Fsp3) is 0.727. The number of amides is 8. The van der Waals surface area contributed by atoms with Gasteiger partial charge in [-0.3, -0.25) is 38.4 Å². The Morgan fingerprint density at radius 1 is 0.564 bits per heavy atom. The zero-order valence-electron chi connectivity index (χ0n) is 32.2. The summed E-state index contributed by atoms with van der Waals surface area (Å²) < 4.78 is 0. The maximum absolute atomic E-state index is 13.5. The highest BCUT2D eigenvalue weighted by Crippen LogP contribution is 2.11. The molecule has 314 valence electrons. The molecule has 8 atom stereocenters. The standard InChI is InChI=1S/C33H59N9O13/c1-14(2)8-19(29(50)39-20(9-15(3)4)31(52)41-25(16(5)6)33(54)55)38-30(51)21(10-23(35)46)37-24(47)11-36-28(49)22(13-44)40-32(53)26(17(7)45)42-27(48)18(34)12-43/h14-22,25-26,43-45H,8-13,34H2,1-7H3,(H2,35,46)(H,36,49)(H,37,47)(H,38,51)(H,39,50)(H,40,53)(H,41,52)(H,42,48)(H,54,55)/t17-,18+,19+,20+,21+,22+,25+,26+/m1/s1. The van der Waals surface area contributed by atoms with Gasteiger partial charge in [0.15, 0.2) is 0 Å². The predicted molar refractivity (Wildman–Crippen MR) is 194 cm³/mol. The number of primary amides is 1. The van der Waals surface area contributed by atoms with Gasteiger partial charge in [-0.25, -0.2) is 4.79 Å². The Morgan fingerprint density at radius 2 is 1.02 bits per heavy atom. The largest absolute Gasteiger partial charge is 0.480 e. The summed E-state index contributed by atoms with van der Waals surface area (Å²) in [4.78, 5) is 114. The zero-order valence-corrected chi connectivity index (χ0v) is 32.2. The molecule has 15 N–H and O–H groups in total. The van der Waals surface area contributed by atoms with E-state index < -0.39 is 134 Å². The molecule has 0 spiro atoms. The lowest BCUT2D eigenvalue weighted by Gasteiger charge is -2.28. The lowest BCUT2D eigenvalue weighted by Crippen LogP contribution is -2.60. The van der Waals surface area contributed by atoms with Crippen molar-refractivity contribution in [1.82, 2.24) is 37.2 Å². The molecule has 0 aromatic heterocycles. The molecule has 0 rings (SSSR count). The number of carbonyl (C=O) groups excluding carboxylic acids is 8. The molecule has 22 heteroatoms. The smallest absolute Gasteiger partial charge is 0.326 e. The van der Waals surface area contributed by atoms with E-state index in [1.165, 1.54) is 0 Å². The van der Waals surface area contributed by atoms with Crippen molar-refractivity contribution in [3.05, 3.63) is 0 Å². The van der Waals surface area contributed by atoms with Crippen LogP contribution in [-0.4, -0.2) is 142 Å². The average molecular weight is 790 g/mol. The van der Waals surface area contributed by atoms with Gasteiger partial charge in [-0.1, -0.05) is 41.5 Å². The van der Waals surface area contributed by atoms with Gasteiger partial charge >= 0.3 is 5.97 Å². The van der Waals surface area contributed by atoms with E-state index in [1.807, 2.05) is 0 Å². The third-order valence-electron chi connectivity index (χ3n) is 7.80. The second kappa shape index (κ2) is 24.5. The van der Waals surface area contributed by atoms with Gasteiger partial charge in [0.05, 0.1) is 32.3 Å². The van der Waals surface area contributed by atoms with Crippen molar-refractivity contribution in [2.45, 2.75) is 116 Å². The minimum Gasteiger partial charge on any atom is -0.480 e. The molecule has 0 fully saturated rings. The summed E-state index contributed by atoms with van der Waals surface area (Å²) in [5.74, 6) is -9.93. The molecule has 8 amide bonds. The quantitative estimate of drug-likeness (QED) is 0.0410. The predicted octanol–water partition coefficient (Wildman–Crippen LogP) is -5.59. The Kier molecular flexibility index (Phi) is 22.3. The van der Waals surface area contributed by atoms with Gasteiger partial charge in [0.25, 0.3) is 0 Å². The van der Waals surface area contributed by atoms with Gasteiger partial charge in [-0.05, 0) is 37.5 Å². The van der Waals surface area contributed by atoms with Gasteiger partial charge in [0.1, 0.15) is 42.3 Å². The first-order chi connectivity index (χ1) is 25.4. The molecule has 0 aliphatic heterocycles. The van der Waals surface area contributed by atoms with Gasteiger partial charge in [-0.15, -0.1) is 0 Å². The maximum Gasteiger partial charge on any atom is 0.326 e. The van der Waals surface area contributed by atoms with Crippen LogP contribution in [0.5, 0.6) is 0 Å². The van der Waals surface area contributed by atoms with E-state index >= 15 is 0 Å². The monoisotopic (exact) mass is 789 g/mol. The molecule has 22 nitrogen and oxygen atoms in total. The molecule has 55 heavy (non-hydrogen) atoms. The summed E-state index contributed by atoms with van der Waals surface area (Å²) in [5.41, 5.74) is 10.7. The van der Waals surface area contributed by atoms with Crippen molar-refractivity contribution in [2.24, 2.45) is 29.2 Å². The van der Waals surface area contributed by atoms with E-state index in [4.69, 9.17) is 16.6 Å². The van der Waals surface area contributed by atoms with Crippen LogP contribution >= 0.6 is 0 Å². The van der Waals surface area contributed by atoms with Crippen LogP contribution in [0.15, 0.2) is 0 Å². The topological polar surface area (TPSA) is 371 Å². The number of aliphatic carboxylic acids is 1. The summed E-state index contributed by atoms with van der Waals surface area (Å²) >= 11 is 0. The number of hydrogen-bond donors (Lipinski definition) is 13. The highest BCUT2D eigenvalue weighted by atomic mass is 16.4. The Balaban J connectivity index is 5.84. The number of nitrogens with one attached hydrogen (secondary N) is 7. The third kappa shape index (κ3) is 18.8. The second-order valence-corrected chi connectivity index (χ2v) is 14.2. The van der Waals surface area contributed by atoms with Crippen molar-refractivity contribution in [3.8, 4) is 0 Å². The molecule has 0 bridgehead atoms.